The van der Waals surface area contributed by atoms with Crippen molar-refractivity contribution in [1.29, 1.82) is 0 Å². The van der Waals surface area contributed by atoms with E-state index in [4.69, 9.17) is 0 Å². The Labute approximate surface area is 96.4 Å². The van der Waals surface area contributed by atoms with Gasteiger partial charge in [-0.15, -0.1) is 0 Å². The largest absolute Gasteiger partial charge is 0.353 e. The van der Waals surface area contributed by atoms with Crippen molar-refractivity contribution < 1.29 is 9.59 Å². The van der Waals surface area contributed by atoms with Gasteiger partial charge in [0.15, 0.2) is 0 Å². The van der Waals surface area contributed by atoms with E-state index in [0.29, 0.717) is 25.4 Å². The summed E-state index contributed by atoms with van der Waals surface area (Å²) in [4.78, 5) is 24.8. The lowest BCUT2D eigenvalue weighted by Gasteiger charge is -2.29. The van der Waals surface area contributed by atoms with Crippen LogP contribution >= 0.6 is 0 Å². The predicted molar refractivity (Wildman–Crippen MR) is 60.8 cm³/mol. The summed E-state index contributed by atoms with van der Waals surface area (Å²) >= 11 is 0. The summed E-state index contributed by atoms with van der Waals surface area (Å²) in [6.45, 7) is 1.54. The van der Waals surface area contributed by atoms with Crippen molar-refractivity contribution in [2.24, 2.45) is 5.92 Å². The lowest BCUT2D eigenvalue weighted by Crippen LogP contribution is -2.50. The molecule has 0 unspecified atom stereocenters. The molecule has 0 aromatic heterocycles. The van der Waals surface area contributed by atoms with Crippen molar-refractivity contribution in [3.63, 3.8) is 0 Å². The molecule has 1 aliphatic heterocycles. The van der Waals surface area contributed by atoms with Gasteiger partial charge in [-0.05, 0) is 18.8 Å². The maximum atomic E-state index is 12.0. The van der Waals surface area contributed by atoms with Crippen molar-refractivity contribution in [3.05, 3.63) is 0 Å². The van der Waals surface area contributed by atoms with Gasteiger partial charge in [-0.2, -0.15) is 0 Å². The fraction of sp³-hybridized carbons (Fsp3) is 0.833. The molecule has 2 fully saturated rings. The highest BCUT2D eigenvalue weighted by Gasteiger charge is 2.24. The van der Waals surface area contributed by atoms with Gasteiger partial charge in [0, 0.05) is 19.5 Å². The Hall–Kier alpha value is -1.06. The number of hydrogen-bond donors (Lipinski definition) is 1. The monoisotopic (exact) mass is 224 g/mol. The van der Waals surface area contributed by atoms with Crippen LogP contribution in [0.2, 0.25) is 0 Å². The molecule has 4 heteroatoms. The SMILES string of the molecule is O=C1CN(C(=O)CC2CCCCC2)CCN1. The number of hydrogen-bond acceptors (Lipinski definition) is 2. The average Bonchev–Trinajstić information content (AvgIpc) is 2.30. The molecular weight excluding hydrogens is 204 g/mol. The number of rotatable bonds is 2. The van der Waals surface area contributed by atoms with Gasteiger partial charge in [0.05, 0.1) is 6.54 Å². The maximum Gasteiger partial charge on any atom is 0.239 e. The zero-order chi connectivity index (χ0) is 11.4. The molecule has 0 bridgehead atoms. The van der Waals surface area contributed by atoms with Crippen LogP contribution in [0.15, 0.2) is 0 Å². The van der Waals surface area contributed by atoms with Crippen LogP contribution in [0, 0.1) is 5.92 Å². The van der Waals surface area contributed by atoms with Gasteiger partial charge in [0.25, 0.3) is 0 Å². The molecule has 2 rings (SSSR count). The maximum absolute atomic E-state index is 12.0. The molecule has 1 heterocycles. The van der Waals surface area contributed by atoms with Gasteiger partial charge in [-0.1, -0.05) is 19.3 Å². The standard InChI is InChI=1S/C12H20N2O2/c15-11-9-14(7-6-13-11)12(16)8-10-4-2-1-3-5-10/h10H,1-9H2,(H,13,15). The second kappa shape index (κ2) is 5.32. The fourth-order valence-electron chi connectivity index (χ4n) is 2.62. The molecule has 1 saturated heterocycles. The smallest absolute Gasteiger partial charge is 0.239 e. The van der Waals surface area contributed by atoms with Crippen LogP contribution in [-0.4, -0.2) is 36.3 Å². The van der Waals surface area contributed by atoms with E-state index >= 15 is 0 Å². The molecule has 2 amide bonds. The summed E-state index contributed by atoms with van der Waals surface area (Å²) in [6, 6.07) is 0. The first-order valence-electron chi connectivity index (χ1n) is 6.30. The van der Waals surface area contributed by atoms with E-state index < -0.39 is 0 Å². The zero-order valence-electron chi connectivity index (χ0n) is 9.71. The molecular formula is C12H20N2O2. The fourth-order valence-corrected chi connectivity index (χ4v) is 2.62. The number of nitrogens with zero attached hydrogens (tertiary/aromatic N) is 1. The average molecular weight is 224 g/mol. The van der Waals surface area contributed by atoms with Crippen LogP contribution in [0.1, 0.15) is 38.5 Å². The zero-order valence-corrected chi connectivity index (χ0v) is 9.71. The van der Waals surface area contributed by atoms with Crippen LogP contribution < -0.4 is 5.32 Å². The van der Waals surface area contributed by atoms with Crippen molar-refractivity contribution in [3.8, 4) is 0 Å². The second-order valence-corrected chi connectivity index (χ2v) is 4.87. The lowest BCUT2D eigenvalue weighted by atomic mass is 9.86. The summed E-state index contributed by atoms with van der Waals surface area (Å²) in [5.41, 5.74) is 0. The van der Waals surface area contributed by atoms with Crippen molar-refractivity contribution in [2.45, 2.75) is 38.5 Å². The first kappa shape index (κ1) is 11.4. The van der Waals surface area contributed by atoms with Crippen molar-refractivity contribution in [1.82, 2.24) is 10.2 Å². The molecule has 4 nitrogen and oxygen atoms in total. The number of amides is 2. The Kier molecular flexibility index (Phi) is 3.80. The molecule has 16 heavy (non-hydrogen) atoms. The first-order valence-corrected chi connectivity index (χ1v) is 6.30. The minimum Gasteiger partial charge on any atom is -0.353 e. The molecule has 1 saturated carbocycles. The highest BCUT2D eigenvalue weighted by Crippen LogP contribution is 2.26. The van der Waals surface area contributed by atoms with Gasteiger partial charge in [0.1, 0.15) is 0 Å². The topological polar surface area (TPSA) is 49.4 Å². The number of carbonyl (C=O) groups is 2. The van der Waals surface area contributed by atoms with E-state index in [2.05, 4.69) is 5.32 Å². The minimum atomic E-state index is -0.0248. The van der Waals surface area contributed by atoms with E-state index in [-0.39, 0.29) is 18.4 Å². The number of carbonyl (C=O) groups excluding carboxylic acids is 2. The molecule has 0 radical (unpaired) electrons. The summed E-state index contributed by atoms with van der Waals surface area (Å²) in [5.74, 6) is 0.705. The van der Waals surface area contributed by atoms with Crippen molar-refractivity contribution >= 4 is 11.8 Å². The van der Waals surface area contributed by atoms with E-state index in [1.807, 2.05) is 0 Å². The molecule has 90 valence electrons. The highest BCUT2D eigenvalue weighted by molar-refractivity contribution is 5.85. The van der Waals surface area contributed by atoms with Crippen molar-refractivity contribution in [2.75, 3.05) is 19.6 Å². The highest BCUT2D eigenvalue weighted by atomic mass is 16.2. The third kappa shape index (κ3) is 2.97. The van der Waals surface area contributed by atoms with Gasteiger partial charge >= 0.3 is 0 Å². The van der Waals surface area contributed by atoms with E-state index in [1.165, 1.54) is 32.1 Å². The molecule has 2 aliphatic rings. The Morgan fingerprint density at radius 2 is 2.06 bits per heavy atom. The Morgan fingerprint density at radius 1 is 1.31 bits per heavy atom. The summed E-state index contributed by atoms with van der Waals surface area (Å²) in [6.07, 6.45) is 6.86. The van der Waals surface area contributed by atoms with Crippen LogP contribution in [0.3, 0.4) is 0 Å². The molecule has 0 aromatic carbocycles. The van der Waals surface area contributed by atoms with Crippen LogP contribution in [0.25, 0.3) is 0 Å². The summed E-state index contributed by atoms with van der Waals surface area (Å²) in [5, 5.41) is 2.74. The van der Waals surface area contributed by atoms with E-state index in [0.717, 1.165) is 0 Å². The summed E-state index contributed by atoms with van der Waals surface area (Å²) in [7, 11) is 0. The van der Waals surface area contributed by atoms with Gasteiger partial charge < -0.3 is 10.2 Å². The number of piperazine rings is 1. The molecule has 1 N–H and O–H groups in total. The minimum absolute atomic E-state index is 0.0248. The van der Waals surface area contributed by atoms with Crippen LogP contribution in [0.5, 0.6) is 0 Å². The first-order chi connectivity index (χ1) is 7.75. The van der Waals surface area contributed by atoms with Crippen LogP contribution in [-0.2, 0) is 9.59 Å². The van der Waals surface area contributed by atoms with E-state index in [1.54, 1.807) is 4.90 Å². The Balaban J connectivity index is 1.79. The number of nitrogens with one attached hydrogen (secondary N) is 1. The molecule has 0 spiro atoms. The quantitative estimate of drug-likeness (QED) is 0.758. The third-order valence-corrected chi connectivity index (χ3v) is 3.58. The molecule has 0 aromatic rings. The van der Waals surface area contributed by atoms with E-state index in [9.17, 15) is 9.59 Å². The second-order valence-electron chi connectivity index (χ2n) is 4.87. The van der Waals surface area contributed by atoms with Gasteiger partial charge in [-0.3, -0.25) is 9.59 Å². The molecule has 0 atom stereocenters. The normalized spacial score (nSPS) is 23.0. The van der Waals surface area contributed by atoms with Crippen LogP contribution in [0.4, 0.5) is 0 Å². The lowest BCUT2D eigenvalue weighted by molar-refractivity contribution is -0.139. The Bertz CT molecular complexity index is 272. The molecule has 1 aliphatic carbocycles. The van der Waals surface area contributed by atoms with Gasteiger partial charge in [0.2, 0.25) is 11.8 Å². The predicted octanol–water partition coefficient (Wildman–Crippen LogP) is 0.915. The Morgan fingerprint density at radius 3 is 2.75 bits per heavy atom. The summed E-state index contributed by atoms with van der Waals surface area (Å²) < 4.78 is 0. The third-order valence-electron chi connectivity index (χ3n) is 3.58. The van der Waals surface area contributed by atoms with Gasteiger partial charge in [-0.25, -0.2) is 0 Å².